The molecule has 6 heteroatoms. The molecule has 0 atom stereocenters. The molecule has 1 aromatic carbocycles. The predicted molar refractivity (Wildman–Crippen MR) is 115 cm³/mol. The van der Waals surface area contributed by atoms with Gasteiger partial charge in [0.25, 0.3) is 0 Å². The maximum Gasteiger partial charge on any atom is 0.191 e. The molecule has 2 aliphatic rings. The second kappa shape index (κ2) is 9.78. The van der Waals surface area contributed by atoms with Gasteiger partial charge in [-0.05, 0) is 43.4 Å². The van der Waals surface area contributed by atoms with E-state index in [2.05, 4.69) is 39.9 Å². The molecule has 1 heterocycles. The van der Waals surface area contributed by atoms with Crippen molar-refractivity contribution in [2.45, 2.75) is 37.1 Å². The van der Waals surface area contributed by atoms with Crippen molar-refractivity contribution >= 4 is 41.5 Å². The maximum atomic E-state index is 6.23. The molecule has 1 aromatic rings. The summed E-state index contributed by atoms with van der Waals surface area (Å²) in [7, 11) is 1.83. The molecule has 4 nitrogen and oxygen atoms in total. The Labute approximate surface area is 172 Å². The van der Waals surface area contributed by atoms with E-state index in [1.54, 1.807) is 0 Å². The number of benzene rings is 1. The van der Waals surface area contributed by atoms with E-state index in [1.165, 1.54) is 5.56 Å². The Balaban J connectivity index is 0.00000225. The van der Waals surface area contributed by atoms with E-state index in [-0.39, 0.29) is 29.4 Å². The van der Waals surface area contributed by atoms with Crippen molar-refractivity contribution in [3.05, 3.63) is 47.0 Å². The molecule has 0 spiro atoms. The van der Waals surface area contributed by atoms with Gasteiger partial charge in [0.15, 0.2) is 5.96 Å². The molecule has 0 saturated carbocycles. The fourth-order valence-corrected chi connectivity index (χ4v) is 3.71. The van der Waals surface area contributed by atoms with Gasteiger partial charge in [0, 0.05) is 43.3 Å². The lowest BCUT2D eigenvalue weighted by Crippen LogP contribution is -2.49. The minimum atomic E-state index is 0. The molecule has 2 N–H and O–H groups in total. The molecular weight excluding hydrogens is 449 g/mol. The third-order valence-corrected chi connectivity index (χ3v) is 5.29. The molecule has 0 amide bonds. The van der Waals surface area contributed by atoms with Gasteiger partial charge >= 0.3 is 0 Å². The number of hydrogen-bond donors (Lipinski definition) is 2. The number of guanidine groups is 1. The van der Waals surface area contributed by atoms with Crippen LogP contribution in [0, 0.1) is 0 Å². The lowest BCUT2D eigenvalue weighted by atomic mass is 9.74. The lowest BCUT2D eigenvalue weighted by Gasteiger charge is -2.38. The Morgan fingerprint density at radius 3 is 2.64 bits per heavy atom. The van der Waals surface area contributed by atoms with Crippen molar-refractivity contribution in [3.63, 3.8) is 0 Å². The van der Waals surface area contributed by atoms with Crippen molar-refractivity contribution in [2.75, 3.05) is 26.8 Å². The number of ether oxygens (including phenoxy) is 1. The average Bonchev–Trinajstić information content (AvgIpc) is 3.12. The molecule has 0 radical (unpaired) electrons. The van der Waals surface area contributed by atoms with Crippen LogP contribution in [0.25, 0.3) is 0 Å². The number of rotatable bonds is 4. The summed E-state index contributed by atoms with van der Waals surface area (Å²) in [5, 5.41) is 7.83. The molecule has 25 heavy (non-hydrogen) atoms. The van der Waals surface area contributed by atoms with Crippen molar-refractivity contribution < 1.29 is 4.74 Å². The van der Waals surface area contributed by atoms with E-state index < -0.39 is 0 Å². The molecule has 0 unspecified atom stereocenters. The molecule has 1 fully saturated rings. The van der Waals surface area contributed by atoms with Crippen molar-refractivity contribution in [1.82, 2.24) is 10.6 Å². The number of halogens is 2. The normalized spacial score (nSPS) is 20.2. The summed E-state index contributed by atoms with van der Waals surface area (Å²) < 4.78 is 5.60. The van der Waals surface area contributed by atoms with Gasteiger partial charge in [-0.25, -0.2) is 0 Å². The van der Waals surface area contributed by atoms with Crippen LogP contribution in [0.15, 0.2) is 41.4 Å². The minimum Gasteiger partial charge on any atom is -0.381 e. The first kappa shape index (κ1) is 20.5. The van der Waals surface area contributed by atoms with Gasteiger partial charge in [-0.3, -0.25) is 4.99 Å². The zero-order valence-electron chi connectivity index (χ0n) is 14.6. The molecule has 1 saturated heterocycles. The zero-order chi connectivity index (χ0) is 16.8. The molecule has 138 valence electrons. The Morgan fingerprint density at radius 1 is 1.28 bits per heavy atom. The monoisotopic (exact) mass is 475 g/mol. The van der Waals surface area contributed by atoms with Gasteiger partial charge in [0.1, 0.15) is 0 Å². The Kier molecular flexibility index (Phi) is 8.03. The Hall–Kier alpha value is -0.790. The SMILES string of the molecule is CN=C(NCC1(c2cccc(Cl)c2)CCOCC1)NC1CC=CC1.I. The second-order valence-corrected chi connectivity index (χ2v) is 7.05. The summed E-state index contributed by atoms with van der Waals surface area (Å²) in [5.41, 5.74) is 1.32. The lowest BCUT2D eigenvalue weighted by molar-refractivity contribution is 0.0513. The Morgan fingerprint density at radius 2 is 2.00 bits per heavy atom. The highest BCUT2D eigenvalue weighted by Crippen LogP contribution is 2.35. The van der Waals surface area contributed by atoms with Gasteiger partial charge < -0.3 is 15.4 Å². The van der Waals surface area contributed by atoms with Crippen molar-refractivity contribution in [2.24, 2.45) is 4.99 Å². The smallest absolute Gasteiger partial charge is 0.191 e. The maximum absolute atomic E-state index is 6.23. The van der Waals surface area contributed by atoms with Gasteiger partial charge in [0.2, 0.25) is 0 Å². The summed E-state index contributed by atoms with van der Waals surface area (Å²) in [6, 6.07) is 8.68. The quantitative estimate of drug-likeness (QED) is 0.301. The third-order valence-electron chi connectivity index (χ3n) is 5.05. The number of aliphatic imine (C=N–C) groups is 1. The molecule has 1 aliphatic heterocycles. The van der Waals surface area contributed by atoms with Crippen molar-refractivity contribution in [1.29, 1.82) is 0 Å². The third kappa shape index (κ3) is 5.34. The van der Waals surface area contributed by atoms with Gasteiger partial charge in [-0.2, -0.15) is 0 Å². The number of nitrogens with zero attached hydrogens (tertiary/aromatic N) is 1. The summed E-state index contributed by atoms with van der Waals surface area (Å²) >= 11 is 6.23. The van der Waals surface area contributed by atoms with Gasteiger partial charge in [0.05, 0.1) is 0 Å². The van der Waals surface area contributed by atoms with Crippen molar-refractivity contribution in [3.8, 4) is 0 Å². The van der Waals surface area contributed by atoms with Crippen LogP contribution in [0.5, 0.6) is 0 Å². The van der Waals surface area contributed by atoms with Crippen LogP contribution < -0.4 is 10.6 Å². The van der Waals surface area contributed by atoms with Crippen LogP contribution >= 0.6 is 35.6 Å². The fraction of sp³-hybridized carbons (Fsp3) is 0.526. The molecule has 1 aliphatic carbocycles. The highest BCUT2D eigenvalue weighted by molar-refractivity contribution is 14.0. The van der Waals surface area contributed by atoms with E-state index in [9.17, 15) is 0 Å². The second-order valence-electron chi connectivity index (χ2n) is 6.61. The van der Waals surface area contributed by atoms with Crippen LogP contribution in [0.4, 0.5) is 0 Å². The first-order valence-electron chi connectivity index (χ1n) is 8.68. The summed E-state index contributed by atoms with van der Waals surface area (Å²) in [4.78, 5) is 4.39. The van der Waals surface area contributed by atoms with E-state index in [0.717, 1.165) is 56.4 Å². The molecule has 3 rings (SSSR count). The van der Waals surface area contributed by atoms with Crippen LogP contribution in [-0.2, 0) is 10.2 Å². The number of hydrogen-bond acceptors (Lipinski definition) is 2. The fourth-order valence-electron chi connectivity index (χ4n) is 3.52. The van der Waals surface area contributed by atoms with E-state index in [4.69, 9.17) is 16.3 Å². The summed E-state index contributed by atoms with van der Waals surface area (Å²) in [6.07, 6.45) is 8.54. The topological polar surface area (TPSA) is 45.7 Å². The van der Waals surface area contributed by atoms with Gasteiger partial charge in [-0.1, -0.05) is 35.9 Å². The first-order chi connectivity index (χ1) is 11.7. The van der Waals surface area contributed by atoms with Crippen LogP contribution in [0.3, 0.4) is 0 Å². The highest BCUT2D eigenvalue weighted by atomic mass is 127. The van der Waals surface area contributed by atoms with Crippen LogP contribution in [-0.4, -0.2) is 38.8 Å². The zero-order valence-corrected chi connectivity index (χ0v) is 17.7. The summed E-state index contributed by atoms with van der Waals surface area (Å²) in [5.74, 6) is 0.872. The Bertz CT molecular complexity index is 606. The van der Waals surface area contributed by atoms with E-state index >= 15 is 0 Å². The highest BCUT2D eigenvalue weighted by Gasteiger charge is 2.35. The standard InChI is InChI=1S/C19H26ClN3O.HI/c1-21-18(23-17-7-2-3-8-17)22-14-19(9-11-24-12-10-19)15-5-4-6-16(20)13-15;/h2-6,13,17H,7-12,14H2,1H3,(H2,21,22,23);1H. The van der Waals surface area contributed by atoms with E-state index in [1.807, 2.05) is 19.2 Å². The molecule has 0 aromatic heterocycles. The van der Waals surface area contributed by atoms with Crippen LogP contribution in [0.1, 0.15) is 31.2 Å². The first-order valence-corrected chi connectivity index (χ1v) is 9.06. The minimum absolute atomic E-state index is 0. The average molecular weight is 476 g/mol. The molecular formula is C19H27ClIN3O. The number of nitrogens with one attached hydrogen (secondary N) is 2. The molecule has 0 bridgehead atoms. The predicted octanol–water partition coefficient (Wildman–Crippen LogP) is 3.89. The largest absolute Gasteiger partial charge is 0.381 e. The van der Waals surface area contributed by atoms with E-state index in [0.29, 0.717) is 6.04 Å². The summed E-state index contributed by atoms with van der Waals surface area (Å²) in [6.45, 7) is 2.40. The van der Waals surface area contributed by atoms with Gasteiger partial charge in [-0.15, -0.1) is 24.0 Å². The van der Waals surface area contributed by atoms with Crippen LogP contribution in [0.2, 0.25) is 5.02 Å².